The molecule has 0 amide bonds. The van der Waals surface area contributed by atoms with Crippen LogP contribution in [0.15, 0.2) is 17.4 Å². The van der Waals surface area contributed by atoms with Crippen molar-refractivity contribution < 1.29 is 17.9 Å². The van der Waals surface area contributed by atoms with Crippen LogP contribution < -0.4 is 4.74 Å². The normalized spacial score (nSPS) is 10.7. The fraction of sp³-hybridized carbons (Fsp3) is 0.167. The van der Waals surface area contributed by atoms with Crippen molar-refractivity contribution in [1.82, 2.24) is 4.98 Å². The molecule has 0 radical (unpaired) electrons. The average Bonchev–Trinajstić information content (AvgIpc) is 2.09. The van der Waals surface area contributed by atoms with Crippen molar-refractivity contribution in [1.29, 1.82) is 0 Å². The van der Waals surface area contributed by atoms with Crippen LogP contribution >= 0.6 is 11.6 Å². The lowest BCUT2D eigenvalue weighted by atomic mass is 10.4. The first kappa shape index (κ1) is 11.4. The summed E-state index contributed by atoms with van der Waals surface area (Å²) in [4.78, 5) is 5.73. The van der Waals surface area contributed by atoms with Crippen LogP contribution in [0.5, 0.6) is 5.75 Å². The first-order valence-corrected chi connectivity index (χ1v) is 3.76. The second-order valence-corrected chi connectivity index (χ2v) is 2.58. The van der Waals surface area contributed by atoms with Gasteiger partial charge in [0.15, 0.2) is 0 Å². The van der Waals surface area contributed by atoms with Crippen LogP contribution in [0.2, 0.25) is 5.15 Å². The van der Waals surface area contributed by atoms with Gasteiger partial charge in [-0.1, -0.05) is 16.7 Å². The Balaban J connectivity index is 3.02. The summed E-state index contributed by atoms with van der Waals surface area (Å²) >= 11 is 5.43. The maximum atomic E-state index is 11.8. The number of rotatable bonds is 2. The van der Waals surface area contributed by atoms with Crippen LogP contribution in [0.4, 0.5) is 18.9 Å². The number of pyridine rings is 1. The van der Waals surface area contributed by atoms with E-state index in [1.807, 2.05) is 0 Å². The molecule has 0 atom stereocenters. The number of halogens is 4. The maximum Gasteiger partial charge on any atom is 0.573 e. The molecular weight excluding hydrogens is 237 g/mol. The van der Waals surface area contributed by atoms with Crippen molar-refractivity contribution in [2.24, 2.45) is 5.11 Å². The Bertz CT molecular complexity index is 415. The SMILES string of the molecule is [N-]=[N+]=Nc1cc(OC(F)(F)F)cnc1Cl. The smallest absolute Gasteiger partial charge is 0.404 e. The molecule has 0 fully saturated rings. The van der Waals surface area contributed by atoms with Crippen LogP contribution in [-0.2, 0) is 0 Å². The summed E-state index contributed by atoms with van der Waals surface area (Å²) in [5.41, 5.74) is 7.84. The van der Waals surface area contributed by atoms with E-state index in [2.05, 4.69) is 19.7 Å². The zero-order valence-electron chi connectivity index (χ0n) is 6.86. The Morgan fingerprint density at radius 1 is 1.53 bits per heavy atom. The molecule has 1 aromatic heterocycles. The Labute approximate surface area is 86.1 Å². The molecule has 0 saturated heterocycles. The van der Waals surface area contributed by atoms with Gasteiger partial charge in [-0.15, -0.1) is 13.2 Å². The maximum absolute atomic E-state index is 11.8. The summed E-state index contributed by atoms with van der Waals surface area (Å²) in [5.74, 6) is -0.603. The molecule has 80 valence electrons. The number of hydrogen-bond donors (Lipinski definition) is 0. The Morgan fingerprint density at radius 2 is 2.20 bits per heavy atom. The lowest BCUT2D eigenvalue weighted by molar-refractivity contribution is -0.274. The fourth-order valence-corrected chi connectivity index (χ4v) is 0.867. The highest BCUT2D eigenvalue weighted by atomic mass is 35.5. The molecule has 9 heteroatoms. The fourth-order valence-electron chi connectivity index (χ4n) is 0.726. The molecule has 0 aliphatic rings. The summed E-state index contributed by atoms with van der Waals surface area (Å²) in [6.07, 6.45) is -4.06. The molecule has 1 rings (SSSR count). The summed E-state index contributed by atoms with van der Waals surface area (Å²) in [6, 6.07) is 0.836. The summed E-state index contributed by atoms with van der Waals surface area (Å²) in [7, 11) is 0. The number of azide groups is 1. The topological polar surface area (TPSA) is 70.9 Å². The van der Waals surface area contributed by atoms with E-state index >= 15 is 0 Å². The van der Waals surface area contributed by atoms with E-state index in [1.54, 1.807) is 0 Å². The summed E-state index contributed by atoms with van der Waals surface area (Å²) < 4.78 is 38.9. The Hall–Kier alpha value is -1.66. The van der Waals surface area contributed by atoms with Gasteiger partial charge in [0.1, 0.15) is 10.9 Å². The first-order chi connectivity index (χ1) is 6.92. The second-order valence-electron chi connectivity index (χ2n) is 2.22. The summed E-state index contributed by atoms with van der Waals surface area (Å²) in [6.45, 7) is 0. The average molecular weight is 239 g/mol. The minimum absolute atomic E-state index is 0.206. The molecule has 0 aromatic carbocycles. The third kappa shape index (κ3) is 3.53. The van der Waals surface area contributed by atoms with Crippen molar-refractivity contribution in [2.75, 3.05) is 0 Å². The van der Waals surface area contributed by atoms with Crippen LogP contribution in [0, 0.1) is 0 Å². The highest BCUT2D eigenvalue weighted by Gasteiger charge is 2.31. The number of alkyl halides is 3. The number of hydrogen-bond acceptors (Lipinski definition) is 3. The molecule has 0 saturated carbocycles. The Morgan fingerprint density at radius 3 is 2.73 bits per heavy atom. The molecule has 0 spiro atoms. The lowest BCUT2D eigenvalue weighted by Crippen LogP contribution is -2.17. The highest BCUT2D eigenvalue weighted by Crippen LogP contribution is 2.29. The molecule has 1 aromatic rings. The molecule has 5 nitrogen and oxygen atoms in total. The minimum atomic E-state index is -4.83. The minimum Gasteiger partial charge on any atom is -0.404 e. The van der Waals surface area contributed by atoms with Gasteiger partial charge in [-0.25, -0.2) is 4.98 Å². The zero-order chi connectivity index (χ0) is 11.5. The van der Waals surface area contributed by atoms with E-state index in [-0.39, 0.29) is 10.8 Å². The van der Waals surface area contributed by atoms with Crippen LogP contribution in [0.25, 0.3) is 10.4 Å². The van der Waals surface area contributed by atoms with Gasteiger partial charge >= 0.3 is 6.36 Å². The molecule has 0 aliphatic carbocycles. The zero-order valence-corrected chi connectivity index (χ0v) is 7.62. The van der Waals surface area contributed by atoms with Gasteiger partial charge in [0.25, 0.3) is 0 Å². The number of ether oxygens (including phenoxy) is 1. The van der Waals surface area contributed by atoms with E-state index in [0.717, 1.165) is 12.3 Å². The van der Waals surface area contributed by atoms with Crippen molar-refractivity contribution in [3.63, 3.8) is 0 Å². The van der Waals surface area contributed by atoms with Gasteiger partial charge in [-0.2, -0.15) is 0 Å². The van der Waals surface area contributed by atoms with Gasteiger partial charge in [0, 0.05) is 4.91 Å². The van der Waals surface area contributed by atoms with Crippen molar-refractivity contribution in [3.8, 4) is 5.75 Å². The van der Waals surface area contributed by atoms with Crippen molar-refractivity contribution in [3.05, 3.63) is 27.9 Å². The van der Waals surface area contributed by atoms with Crippen molar-refractivity contribution in [2.45, 2.75) is 6.36 Å². The van der Waals surface area contributed by atoms with E-state index < -0.39 is 12.1 Å². The predicted molar refractivity (Wildman–Crippen MR) is 44.7 cm³/mol. The molecule has 0 unspecified atom stereocenters. The van der Waals surface area contributed by atoms with E-state index in [0.29, 0.717) is 0 Å². The number of nitrogens with zero attached hydrogens (tertiary/aromatic N) is 4. The van der Waals surface area contributed by atoms with Crippen molar-refractivity contribution >= 4 is 17.3 Å². The molecule has 1 heterocycles. The molecular formula is C6H2ClF3N4O. The van der Waals surface area contributed by atoms with E-state index in [1.165, 1.54) is 0 Å². The quantitative estimate of drug-likeness (QED) is 0.342. The molecule has 0 N–H and O–H groups in total. The molecule has 0 bridgehead atoms. The number of aromatic nitrogens is 1. The second kappa shape index (κ2) is 4.24. The van der Waals surface area contributed by atoms with Gasteiger partial charge < -0.3 is 4.74 Å². The monoisotopic (exact) mass is 238 g/mol. The van der Waals surface area contributed by atoms with Crippen LogP contribution in [0.1, 0.15) is 0 Å². The van der Waals surface area contributed by atoms with Gasteiger partial charge in [0.2, 0.25) is 0 Å². The highest BCUT2D eigenvalue weighted by molar-refractivity contribution is 6.31. The van der Waals surface area contributed by atoms with Crippen LogP contribution in [-0.4, -0.2) is 11.3 Å². The standard InChI is InChI=1S/C6H2ClF3N4O/c7-5-4(13-14-11)1-3(2-12-5)15-6(8,9)10/h1-2H. The predicted octanol–water partition coefficient (Wildman–Crippen LogP) is 3.58. The third-order valence-corrected chi connectivity index (χ3v) is 1.47. The van der Waals surface area contributed by atoms with Gasteiger partial charge in [0.05, 0.1) is 11.9 Å². The van der Waals surface area contributed by atoms with Crippen LogP contribution in [0.3, 0.4) is 0 Å². The van der Waals surface area contributed by atoms with E-state index in [4.69, 9.17) is 17.1 Å². The van der Waals surface area contributed by atoms with Gasteiger partial charge in [-0.05, 0) is 11.6 Å². The largest absolute Gasteiger partial charge is 0.573 e. The molecule has 0 aliphatic heterocycles. The third-order valence-electron chi connectivity index (χ3n) is 1.18. The van der Waals surface area contributed by atoms with E-state index in [9.17, 15) is 13.2 Å². The lowest BCUT2D eigenvalue weighted by Gasteiger charge is -2.08. The molecule has 15 heavy (non-hydrogen) atoms. The first-order valence-electron chi connectivity index (χ1n) is 3.39. The summed E-state index contributed by atoms with van der Waals surface area (Å²) in [5, 5.41) is 2.83. The Kier molecular flexibility index (Phi) is 3.23. The van der Waals surface area contributed by atoms with Gasteiger partial charge in [-0.3, -0.25) is 0 Å².